The summed E-state index contributed by atoms with van der Waals surface area (Å²) >= 11 is 0. The number of nitrogens with zero attached hydrogens (tertiary/aromatic N) is 2. The third kappa shape index (κ3) is 4.80. The quantitative estimate of drug-likeness (QED) is 0.161. The first-order chi connectivity index (χ1) is 25.8. The van der Waals surface area contributed by atoms with Gasteiger partial charge in [-0.3, -0.25) is 0 Å². The number of para-hydroxylation sites is 2. The van der Waals surface area contributed by atoms with Gasteiger partial charge in [0.25, 0.3) is 0 Å². The van der Waals surface area contributed by atoms with Crippen LogP contribution in [0.15, 0.2) is 206 Å². The molecule has 0 N–H and O–H groups in total. The number of benzene rings is 9. The lowest BCUT2D eigenvalue weighted by Crippen LogP contribution is -2.12. The third-order valence-corrected chi connectivity index (χ3v) is 10.3. The molecule has 0 aliphatic heterocycles. The smallest absolute Gasteiger partial charge is 0.0624 e. The summed E-state index contributed by atoms with van der Waals surface area (Å²) in [6.07, 6.45) is 0. The lowest BCUT2D eigenvalue weighted by molar-refractivity contribution is 1.18. The van der Waals surface area contributed by atoms with E-state index in [0.29, 0.717) is 0 Å². The van der Waals surface area contributed by atoms with E-state index < -0.39 is 0 Å². The molecule has 0 saturated heterocycles. The highest BCUT2D eigenvalue weighted by Crippen LogP contribution is 2.50. The number of aromatic nitrogens is 1. The minimum absolute atomic E-state index is 1.10. The molecule has 0 unspecified atom stereocenters. The largest absolute Gasteiger partial charge is 0.309 e. The first kappa shape index (κ1) is 30.0. The molecule has 0 radical (unpaired) electrons. The van der Waals surface area contributed by atoms with Crippen LogP contribution in [-0.4, -0.2) is 4.57 Å². The van der Waals surface area contributed by atoms with E-state index in [9.17, 15) is 0 Å². The Bertz CT molecular complexity index is 2870. The van der Waals surface area contributed by atoms with Crippen molar-refractivity contribution in [1.29, 1.82) is 0 Å². The molecular formula is C50H34N2. The van der Waals surface area contributed by atoms with Gasteiger partial charge in [0.1, 0.15) is 0 Å². The van der Waals surface area contributed by atoms with Crippen LogP contribution in [0.4, 0.5) is 17.1 Å². The van der Waals surface area contributed by atoms with E-state index in [2.05, 4.69) is 216 Å². The van der Waals surface area contributed by atoms with Crippen molar-refractivity contribution in [2.24, 2.45) is 0 Å². The molecule has 10 aromatic rings. The average molecular weight is 663 g/mol. The maximum atomic E-state index is 2.48. The summed E-state index contributed by atoms with van der Waals surface area (Å²) in [4.78, 5) is 2.48. The second-order valence-electron chi connectivity index (χ2n) is 13.3. The Morgan fingerprint density at radius 2 is 0.904 bits per heavy atom. The van der Waals surface area contributed by atoms with E-state index in [1.54, 1.807) is 0 Å². The molecule has 0 amide bonds. The molecule has 0 saturated carbocycles. The Morgan fingerprint density at radius 3 is 1.60 bits per heavy atom. The van der Waals surface area contributed by atoms with Gasteiger partial charge in [-0.2, -0.15) is 0 Å². The van der Waals surface area contributed by atoms with Gasteiger partial charge >= 0.3 is 0 Å². The van der Waals surface area contributed by atoms with E-state index in [-0.39, 0.29) is 0 Å². The Hall–Kier alpha value is -6.90. The van der Waals surface area contributed by atoms with E-state index in [0.717, 1.165) is 17.1 Å². The summed E-state index contributed by atoms with van der Waals surface area (Å²) in [5, 5.41) is 7.39. The van der Waals surface area contributed by atoms with Gasteiger partial charge in [-0.15, -0.1) is 0 Å². The van der Waals surface area contributed by atoms with E-state index in [1.165, 1.54) is 71.3 Å². The van der Waals surface area contributed by atoms with Gasteiger partial charge in [-0.1, -0.05) is 158 Å². The minimum atomic E-state index is 1.10. The van der Waals surface area contributed by atoms with Crippen LogP contribution in [0.2, 0.25) is 0 Å². The number of anilines is 3. The molecule has 2 nitrogen and oxygen atoms in total. The monoisotopic (exact) mass is 662 g/mol. The zero-order valence-corrected chi connectivity index (χ0v) is 28.5. The fraction of sp³-hybridized carbons (Fsp3) is 0. The molecule has 0 fully saturated rings. The van der Waals surface area contributed by atoms with Crippen molar-refractivity contribution in [3.63, 3.8) is 0 Å². The van der Waals surface area contributed by atoms with E-state index in [4.69, 9.17) is 0 Å². The van der Waals surface area contributed by atoms with Crippen molar-refractivity contribution in [2.75, 3.05) is 4.90 Å². The van der Waals surface area contributed by atoms with Crippen LogP contribution >= 0.6 is 0 Å². The minimum Gasteiger partial charge on any atom is -0.309 e. The number of fused-ring (bicyclic) bond motifs is 6. The summed E-state index contributed by atoms with van der Waals surface area (Å²) in [5.41, 5.74) is 11.7. The molecule has 1 aromatic heterocycles. The molecule has 0 bridgehead atoms. The van der Waals surface area contributed by atoms with Gasteiger partial charge in [0.15, 0.2) is 0 Å². The van der Waals surface area contributed by atoms with E-state index in [1.807, 2.05) is 0 Å². The van der Waals surface area contributed by atoms with Gasteiger partial charge in [0.2, 0.25) is 0 Å². The lowest BCUT2D eigenvalue weighted by Gasteiger charge is -2.30. The zero-order valence-electron chi connectivity index (χ0n) is 28.5. The zero-order chi connectivity index (χ0) is 34.4. The lowest BCUT2D eigenvalue weighted by atomic mass is 9.90. The Labute approximate surface area is 303 Å². The van der Waals surface area contributed by atoms with Crippen molar-refractivity contribution >= 4 is 60.4 Å². The van der Waals surface area contributed by atoms with Crippen LogP contribution < -0.4 is 4.90 Å². The molecule has 9 aromatic carbocycles. The molecule has 2 heteroatoms. The van der Waals surface area contributed by atoms with Crippen LogP contribution in [0.25, 0.3) is 71.3 Å². The standard InChI is InChI=1S/C50H34N2/c1-5-18-35(19-6-1)40-30-17-31-47-49(40)45-34-39(32-33-46(45)52(47)38-24-11-4-12-25-38)51(37-22-9-3-10-23-37)50-44-29-16-14-27-42(44)41-26-13-15-28-43(41)48(50)36-20-7-2-8-21-36/h1-34H. The first-order valence-electron chi connectivity index (χ1n) is 17.9. The highest BCUT2D eigenvalue weighted by Gasteiger charge is 2.25. The summed E-state index contributed by atoms with van der Waals surface area (Å²) in [7, 11) is 0. The highest BCUT2D eigenvalue weighted by molar-refractivity contribution is 6.23. The van der Waals surface area contributed by atoms with Crippen LogP contribution in [-0.2, 0) is 0 Å². The van der Waals surface area contributed by atoms with Crippen LogP contribution in [0.5, 0.6) is 0 Å². The fourth-order valence-electron chi connectivity index (χ4n) is 8.15. The Balaban J connectivity index is 1.35. The van der Waals surface area contributed by atoms with Crippen molar-refractivity contribution in [3.05, 3.63) is 206 Å². The Kier molecular flexibility index (Phi) is 7.18. The first-order valence-corrected chi connectivity index (χ1v) is 17.9. The van der Waals surface area contributed by atoms with E-state index >= 15 is 0 Å². The summed E-state index contributed by atoms with van der Waals surface area (Å²) < 4.78 is 2.41. The predicted octanol–water partition coefficient (Wildman–Crippen LogP) is 13.9. The summed E-state index contributed by atoms with van der Waals surface area (Å²) in [5.74, 6) is 0. The van der Waals surface area contributed by atoms with Crippen LogP contribution in [0, 0.1) is 0 Å². The number of hydrogen-bond donors (Lipinski definition) is 0. The highest BCUT2D eigenvalue weighted by atomic mass is 15.1. The molecular weight excluding hydrogens is 629 g/mol. The fourth-order valence-corrected chi connectivity index (χ4v) is 8.15. The maximum Gasteiger partial charge on any atom is 0.0624 e. The number of rotatable bonds is 6. The van der Waals surface area contributed by atoms with Gasteiger partial charge in [-0.25, -0.2) is 0 Å². The number of hydrogen-bond acceptors (Lipinski definition) is 1. The van der Waals surface area contributed by atoms with Crippen molar-refractivity contribution in [1.82, 2.24) is 4.57 Å². The van der Waals surface area contributed by atoms with Gasteiger partial charge in [0, 0.05) is 38.8 Å². The van der Waals surface area contributed by atoms with Crippen molar-refractivity contribution in [2.45, 2.75) is 0 Å². The topological polar surface area (TPSA) is 8.17 Å². The van der Waals surface area contributed by atoms with Crippen LogP contribution in [0.3, 0.4) is 0 Å². The normalized spacial score (nSPS) is 11.5. The molecule has 0 atom stereocenters. The third-order valence-electron chi connectivity index (χ3n) is 10.3. The second-order valence-corrected chi connectivity index (χ2v) is 13.3. The van der Waals surface area contributed by atoms with Crippen molar-refractivity contribution in [3.8, 4) is 27.9 Å². The maximum absolute atomic E-state index is 2.48. The van der Waals surface area contributed by atoms with Gasteiger partial charge in [0.05, 0.1) is 16.7 Å². The molecule has 52 heavy (non-hydrogen) atoms. The van der Waals surface area contributed by atoms with Gasteiger partial charge < -0.3 is 9.47 Å². The van der Waals surface area contributed by atoms with Crippen molar-refractivity contribution < 1.29 is 0 Å². The molecule has 244 valence electrons. The molecule has 0 spiro atoms. The second kappa shape index (κ2) is 12.5. The molecule has 1 heterocycles. The predicted molar refractivity (Wildman–Crippen MR) is 221 cm³/mol. The average Bonchev–Trinajstić information content (AvgIpc) is 3.56. The van der Waals surface area contributed by atoms with Gasteiger partial charge in [-0.05, 0) is 81.4 Å². The summed E-state index contributed by atoms with van der Waals surface area (Å²) in [6.45, 7) is 0. The SMILES string of the molecule is c1ccc(-c2c(N(c3ccccc3)c3ccc4c(c3)c3c(-c5ccccc5)cccc3n4-c3ccccc3)c3ccccc3c3ccccc23)cc1. The molecule has 0 aliphatic carbocycles. The summed E-state index contributed by atoms with van der Waals surface area (Å²) in [6, 6.07) is 74.7. The molecule has 0 aliphatic rings. The Morgan fingerprint density at radius 1 is 0.346 bits per heavy atom. The van der Waals surface area contributed by atoms with Crippen LogP contribution in [0.1, 0.15) is 0 Å². The molecule has 10 rings (SSSR count).